The first kappa shape index (κ1) is 18.1. The highest BCUT2D eigenvalue weighted by atomic mass is 16.5. The summed E-state index contributed by atoms with van der Waals surface area (Å²) >= 11 is 0. The van der Waals surface area contributed by atoms with Gasteiger partial charge in [-0.05, 0) is 25.0 Å². The van der Waals surface area contributed by atoms with Crippen LogP contribution >= 0.6 is 0 Å². The van der Waals surface area contributed by atoms with Crippen LogP contribution in [0.1, 0.15) is 24.8 Å². The Balaban J connectivity index is 2.15. The standard InChI is InChI=1S/C17H23NO6/c1-22-13-4-3-5-14(23-2)12(13)10-15(19)18-17(11-16(20)21)6-8-24-9-7-17/h3-5H,6-11H2,1-2H3,(H,18,19)(H,20,21). The molecule has 7 heteroatoms. The van der Waals surface area contributed by atoms with Crippen LogP contribution in [0.15, 0.2) is 18.2 Å². The number of benzene rings is 1. The van der Waals surface area contributed by atoms with E-state index in [-0.39, 0.29) is 18.7 Å². The van der Waals surface area contributed by atoms with Gasteiger partial charge in [0.2, 0.25) is 5.91 Å². The molecule has 1 aliphatic rings. The Labute approximate surface area is 140 Å². The number of carboxylic acid groups (broad SMARTS) is 1. The molecule has 2 rings (SSSR count). The number of methoxy groups -OCH3 is 2. The molecule has 1 fully saturated rings. The van der Waals surface area contributed by atoms with Gasteiger partial charge in [-0.2, -0.15) is 0 Å². The minimum atomic E-state index is -0.938. The van der Waals surface area contributed by atoms with E-state index in [4.69, 9.17) is 19.3 Å². The summed E-state index contributed by atoms with van der Waals surface area (Å²) in [6, 6.07) is 5.29. The molecule has 0 aliphatic carbocycles. The van der Waals surface area contributed by atoms with Crippen LogP contribution in [-0.4, -0.2) is 50.0 Å². The van der Waals surface area contributed by atoms with E-state index in [1.807, 2.05) is 0 Å². The SMILES string of the molecule is COc1cccc(OC)c1CC(=O)NC1(CC(=O)O)CCOCC1. The maximum absolute atomic E-state index is 12.5. The van der Waals surface area contributed by atoms with Crippen molar-refractivity contribution < 1.29 is 28.9 Å². The minimum Gasteiger partial charge on any atom is -0.496 e. The molecule has 0 atom stereocenters. The topological polar surface area (TPSA) is 94.1 Å². The Hall–Kier alpha value is -2.28. The second-order valence-electron chi connectivity index (χ2n) is 5.83. The maximum Gasteiger partial charge on any atom is 0.305 e. The van der Waals surface area contributed by atoms with E-state index in [1.165, 1.54) is 14.2 Å². The molecular weight excluding hydrogens is 314 g/mol. The third-order valence-electron chi connectivity index (χ3n) is 4.21. The van der Waals surface area contributed by atoms with E-state index in [1.54, 1.807) is 18.2 Å². The number of aliphatic carboxylic acids is 1. The molecule has 1 aromatic rings. The molecule has 1 saturated heterocycles. The lowest BCUT2D eigenvalue weighted by Gasteiger charge is -2.37. The second-order valence-corrected chi connectivity index (χ2v) is 5.83. The maximum atomic E-state index is 12.5. The summed E-state index contributed by atoms with van der Waals surface area (Å²) in [6.45, 7) is 0.872. The zero-order valence-corrected chi connectivity index (χ0v) is 14.0. The van der Waals surface area contributed by atoms with Crippen molar-refractivity contribution in [2.45, 2.75) is 31.2 Å². The van der Waals surface area contributed by atoms with Crippen LogP contribution < -0.4 is 14.8 Å². The van der Waals surface area contributed by atoms with Crippen molar-refractivity contribution in [3.8, 4) is 11.5 Å². The zero-order chi connectivity index (χ0) is 17.6. The average molecular weight is 337 g/mol. The summed E-state index contributed by atoms with van der Waals surface area (Å²) in [5.41, 5.74) is -0.131. The monoisotopic (exact) mass is 337 g/mol. The summed E-state index contributed by atoms with van der Waals surface area (Å²) in [4.78, 5) is 23.7. The highest BCUT2D eigenvalue weighted by Gasteiger charge is 2.36. The highest BCUT2D eigenvalue weighted by Crippen LogP contribution is 2.30. The fourth-order valence-electron chi connectivity index (χ4n) is 3.00. The van der Waals surface area contributed by atoms with E-state index in [0.29, 0.717) is 43.1 Å². The smallest absolute Gasteiger partial charge is 0.305 e. The van der Waals surface area contributed by atoms with Crippen LogP contribution in [0.3, 0.4) is 0 Å². The molecule has 1 heterocycles. The minimum absolute atomic E-state index is 0.0510. The fourth-order valence-corrected chi connectivity index (χ4v) is 3.00. The summed E-state index contributed by atoms with van der Waals surface area (Å²) < 4.78 is 15.9. The van der Waals surface area contributed by atoms with Gasteiger partial charge in [0.15, 0.2) is 0 Å². The van der Waals surface area contributed by atoms with Crippen LogP contribution in [-0.2, 0) is 20.7 Å². The molecule has 0 aromatic heterocycles. The second kappa shape index (κ2) is 8.01. The van der Waals surface area contributed by atoms with E-state index in [0.717, 1.165) is 0 Å². The van der Waals surface area contributed by atoms with Crippen LogP contribution in [0.4, 0.5) is 0 Å². The Bertz CT molecular complexity index is 572. The highest BCUT2D eigenvalue weighted by molar-refractivity contribution is 5.82. The largest absolute Gasteiger partial charge is 0.496 e. The van der Waals surface area contributed by atoms with Gasteiger partial charge >= 0.3 is 5.97 Å². The van der Waals surface area contributed by atoms with E-state index >= 15 is 0 Å². The lowest BCUT2D eigenvalue weighted by atomic mass is 9.86. The predicted octanol–water partition coefficient (Wildman–Crippen LogP) is 1.39. The molecule has 0 spiro atoms. The average Bonchev–Trinajstić information content (AvgIpc) is 2.54. The van der Waals surface area contributed by atoms with Crippen LogP contribution in [0.5, 0.6) is 11.5 Å². The van der Waals surface area contributed by atoms with Crippen LogP contribution in [0.25, 0.3) is 0 Å². The van der Waals surface area contributed by atoms with E-state index in [2.05, 4.69) is 5.32 Å². The first-order valence-electron chi connectivity index (χ1n) is 7.80. The Morgan fingerprint density at radius 2 is 1.79 bits per heavy atom. The lowest BCUT2D eigenvalue weighted by molar-refractivity contribution is -0.140. The number of hydrogen-bond acceptors (Lipinski definition) is 5. The molecule has 1 amide bonds. The van der Waals surface area contributed by atoms with E-state index in [9.17, 15) is 9.59 Å². The Kier molecular flexibility index (Phi) is 6.03. The van der Waals surface area contributed by atoms with Crippen molar-refractivity contribution in [1.29, 1.82) is 0 Å². The molecule has 0 unspecified atom stereocenters. The van der Waals surface area contributed by atoms with Crippen molar-refractivity contribution >= 4 is 11.9 Å². The molecule has 0 saturated carbocycles. The molecule has 1 aliphatic heterocycles. The van der Waals surface area contributed by atoms with E-state index < -0.39 is 11.5 Å². The van der Waals surface area contributed by atoms with Gasteiger partial charge in [0.25, 0.3) is 0 Å². The van der Waals surface area contributed by atoms with Gasteiger partial charge in [0, 0.05) is 18.8 Å². The summed E-state index contributed by atoms with van der Waals surface area (Å²) in [5.74, 6) is -0.0828. The molecule has 1 aromatic carbocycles. The quantitative estimate of drug-likeness (QED) is 0.781. The number of hydrogen-bond donors (Lipinski definition) is 2. The molecule has 0 radical (unpaired) electrons. The number of carboxylic acids is 1. The van der Waals surface area contributed by atoms with Gasteiger partial charge in [0.05, 0.1) is 32.6 Å². The summed E-state index contributed by atoms with van der Waals surface area (Å²) in [5, 5.41) is 12.1. The Morgan fingerprint density at radius 1 is 1.21 bits per heavy atom. The van der Waals surface area contributed by atoms with Crippen molar-refractivity contribution in [3.63, 3.8) is 0 Å². The molecule has 0 bridgehead atoms. The van der Waals surface area contributed by atoms with Gasteiger partial charge in [-0.15, -0.1) is 0 Å². The van der Waals surface area contributed by atoms with Crippen molar-refractivity contribution in [3.05, 3.63) is 23.8 Å². The van der Waals surface area contributed by atoms with Gasteiger partial charge in [-0.3, -0.25) is 9.59 Å². The van der Waals surface area contributed by atoms with Gasteiger partial charge in [-0.25, -0.2) is 0 Å². The molecule has 2 N–H and O–H groups in total. The number of carbonyl (C=O) groups excluding carboxylic acids is 1. The number of carbonyl (C=O) groups is 2. The number of rotatable bonds is 7. The molecule has 132 valence electrons. The number of ether oxygens (including phenoxy) is 3. The van der Waals surface area contributed by atoms with Crippen LogP contribution in [0.2, 0.25) is 0 Å². The predicted molar refractivity (Wildman–Crippen MR) is 86.4 cm³/mol. The lowest BCUT2D eigenvalue weighted by Crippen LogP contribution is -2.53. The Morgan fingerprint density at radius 3 is 2.29 bits per heavy atom. The van der Waals surface area contributed by atoms with Crippen molar-refractivity contribution in [2.75, 3.05) is 27.4 Å². The fraction of sp³-hybridized carbons (Fsp3) is 0.529. The summed E-state index contributed by atoms with van der Waals surface area (Å²) in [7, 11) is 3.06. The van der Waals surface area contributed by atoms with Gasteiger partial charge in [0.1, 0.15) is 11.5 Å². The van der Waals surface area contributed by atoms with Gasteiger partial charge in [-0.1, -0.05) is 6.07 Å². The van der Waals surface area contributed by atoms with Crippen molar-refractivity contribution in [1.82, 2.24) is 5.32 Å². The third kappa shape index (κ3) is 4.38. The molecular formula is C17H23NO6. The first-order chi connectivity index (χ1) is 11.5. The molecule has 24 heavy (non-hydrogen) atoms. The third-order valence-corrected chi connectivity index (χ3v) is 4.21. The number of amides is 1. The first-order valence-corrected chi connectivity index (χ1v) is 7.80. The van der Waals surface area contributed by atoms with Crippen molar-refractivity contribution in [2.24, 2.45) is 0 Å². The van der Waals surface area contributed by atoms with Crippen LogP contribution in [0, 0.1) is 0 Å². The zero-order valence-electron chi connectivity index (χ0n) is 14.0. The molecule has 7 nitrogen and oxygen atoms in total. The summed E-state index contributed by atoms with van der Waals surface area (Å²) in [6.07, 6.45) is 0.892. The normalized spacial score (nSPS) is 16.2. The van der Waals surface area contributed by atoms with Gasteiger partial charge < -0.3 is 24.6 Å². The number of nitrogens with one attached hydrogen (secondary N) is 1.